The van der Waals surface area contributed by atoms with E-state index in [1.165, 1.54) is 0 Å². The van der Waals surface area contributed by atoms with Crippen LogP contribution in [0.5, 0.6) is 11.5 Å². The SMILES string of the molecule is O=C1OCCN1CCC1CCN(C[C@H]2COc3cc(F)c(F)cc3O2)CC1.S. The largest absolute Gasteiger partial charge is 0.486 e. The Hall–Kier alpha value is -1.74. The first-order chi connectivity index (χ1) is 13.1. The highest BCUT2D eigenvalue weighted by Gasteiger charge is 2.28. The second kappa shape index (κ2) is 9.17. The first kappa shape index (κ1) is 21.0. The Morgan fingerprint density at radius 2 is 1.75 bits per heavy atom. The predicted octanol–water partition coefficient (Wildman–Crippen LogP) is 2.77. The zero-order valence-electron chi connectivity index (χ0n) is 15.7. The van der Waals surface area contributed by atoms with E-state index in [2.05, 4.69) is 4.90 Å². The molecule has 2 fully saturated rings. The van der Waals surface area contributed by atoms with Crippen LogP contribution < -0.4 is 9.47 Å². The lowest BCUT2D eigenvalue weighted by atomic mass is 9.93. The van der Waals surface area contributed by atoms with Crippen LogP contribution in [0, 0.1) is 17.6 Å². The van der Waals surface area contributed by atoms with Gasteiger partial charge in [-0.05, 0) is 38.3 Å². The van der Waals surface area contributed by atoms with Crippen LogP contribution in [0.15, 0.2) is 12.1 Å². The summed E-state index contributed by atoms with van der Waals surface area (Å²) in [5.74, 6) is -0.737. The molecule has 0 bridgehead atoms. The van der Waals surface area contributed by atoms with Crippen molar-refractivity contribution in [3.63, 3.8) is 0 Å². The van der Waals surface area contributed by atoms with E-state index in [0.717, 1.165) is 51.0 Å². The van der Waals surface area contributed by atoms with Crippen molar-refractivity contribution in [3.05, 3.63) is 23.8 Å². The van der Waals surface area contributed by atoms with E-state index in [1.807, 2.05) is 0 Å². The van der Waals surface area contributed by atoms with Gasteiger partial charge in [-0.3, -0.25) is 4.90 Å². The fraction of sp³-hybridized carbons (Fsp3) is 0.632. The molecule has 6 nitrogen and oxygen atoms in total. The molecule has 3 aliphatic heterocycles. The second-order valence-corrected chi connectivity index (χ2v) is 7.40. The Labute approximate surface area is 170 Å². The van der Waals surface area contributed by atoms with Gasteiger partial charge in [-0.25, -0.2) is 13.6 Å². The summed E-state index contributed by atoms with van der Waals surface area (Å²) in [7, 11) is 0. The summed E-state index contributed by atoms with van der Waals surface area (Å²) in [6.07, 6.45) is 2.76. The summed E-state index contributed by atoms with van der Waals surface area (Å²) < 4.78 is 42.9. The molecule has 0 aliphatic carbocycles. The minimum atomic E-state index is -0.930. The molecule has 4 rings (SSSR count). The Bertz CT molecular complexity index is 701. The maximum absolute atomic E-state index is 13.4. The first-order valence-electron chi connectivity index (χ1n) is 9.51. The third-order valence-electron chi connectivity index (χ3n) is 5.53. The van der Waals surface area contributed by atoms with Gasteiger partial charge in [-0.15, -0.1) is 0 Å². The number of likely N-dealkylation sites (tertiary alicyclic amines) is 1. The standard InChI is InChI=1S/C19H24F2N2O4.H2S/c20-15-9-17-18(10-16(15)21)27-14(12-26-17)11-22-4-1-13(2-5-22)3-6-23-7-8-25-19(23)24;/h9-10,13-14H,1-8,11-12H2;1H2/t14-;/m0./s1. The highest BCUT2D eigenvalue weighted by Crippen LogP contribution is 2.34. The first-order valence-corrected chi connectivity index (χ1v) is 9.51. The van der Waals surface area contributed by atoms with Gasteiger partial charge >= 0.3 is 6.09 Å². The van der Waals surface area contributed by atoms with Gasteiger partial charge < -0.3 is 19.1 Å². The van der Waals surface area contributed by atoms with Crippen molar-refractivity contribution >= 4 is 19.6 Å². The van der Waals surface area contributed by atoms with Gasteiger partial charge in [0.25, 0.3) is 0 Å². The number of amides is 1. The number of halogens is 2. The van der Waals surface area contributed by atoms with Gasteiger partial charge in [-0.2, -0.15) is 13.5 Å². The normalized spacial score (nSPS) is 22.7. The number of ether oxygens (including phenoxy) is 3. The topological polar surface area (TPSA) is 51.2 Å². The molecular formula is C19H26F2N2O4S. The Kier molecular flexibility index (Phi) is 6.87. The maximum Gasteiger partial charge on any atom is 0.409 e. The molecule has 1 amide bonds. The van der Waals surface area contributed by atoms with Crippen molar-refractivity contribution in [2.24, 2.45) is 5.92 Å². The van der Waals surface area contributed by atoms with Crippen molar-refractivity contribution in [1.82, 2.24) is 9.80 Å². The molecule has 0 spiro atoms. The molecule has 156 valence electrons. The van der Waals surface area contributed by atoms with Crippen LogP contribution in [0.4, 0.5) is 13.6 Å². The van der Waals surface area contributed by atoms with Crippen molar-refractivity contribution in [1.29, 1.82) is 0 Å². The highest BCUT2D eigenvalue weighted by atomic mass is 32.1. The Balaban J connectivity index is 0.00000225. The lowest BCUT2D eigenvalue weighted by Crippen LogP contribution is -2.44. The van der Waals surface area contributed by atoms with Gasteiger partial charge in [0.15, 0.2) is 23.1 Å². The lowest BCUT2D eigenvalue weighted by Gasteiger charge is -2.36. The van der Waals surface area contributed by atoms with E-state index in [4.69, 9.17) is 14.2 Å². The van der Waals surface area contributed by atoms with Crippen LogP contribution in [0.25, 0.3) is 0 Å². The number of hydrogen-bond acceptors (Lipinski definition) is 5. The van der Waals surface area contributed by atoms with Crippen LogP contribution in [0.3, 0.4) is 0 Å². The van der Waals surface area contributed by atoms with Crippen molar-refractivity contribution < 1.29 is 27.8 Å². The van der Waals surface area contributed by atoms with Crippen LogP contribution >= 0.6 is 13.5 Å². The molecule has 0 N–H and O–H groups in total. The van der Waals surface area contributed by atoms with Crippen LogP contribution in [0.1, 0.15) is 19.3 Å². The van der Waals surface area contributed by atoms with Crippen molar-refractivity contribution in [2.45, 2.75) is 25.4 Å². The molecule has 28 heavy (non-hydrogen) atoms. The average Bonchev–Trinajstić information content (AvgIpc) is 3.07. The van der Waals surface area contributed by atoms with Gasteiger partial charge in [0.2, 0.25) is 0 Å². The Morgan fingerprint density at radius 3 is 2.43 bits per heavy atom. The summed E-state index contributed by atoms with van der Waals surface area (Å²) in [6, 6.07) is 2.08. The second-order valence-electron chi connectivity index (χ2n) is 7.40. The predicted molar refractivity (Wildman–Crippen MR) is 103 cm³/mol. The minimum Gasteiger partial charge on any atom is -0.486 e. The van der Waals surface area contributed by atoms with Crippen molar-refractivity contribution in [3.8, 4) is 11.5 Å². The molecular weight excluding hydrogens is 390 g/mol. The van der Waals surface area contributed by atoms with E-state index < -0.39 is 11.6 Å². The zero-order valence-corrected chi connectivity index (χ0v) is 16.7. The van der Waals surface area contributed by atoms with Gasteiger partial charge in [0.05, 0.1) is 6.54 Å². The number of rotatable bonds is 5. The third-order valence-corrected chi connectivity index (χ3v) is 5.53. The molecule has 3 heterocycles. The molecule has 0 aromatic heterocycles. The number of carbonyl (C=O) groups excluding carboxylic acids is 1. The number of cyclic esters (lactones) is 1. The summed E-state index contributed by atoms with van der Waals surface area (Å²) in [6.45, 7) is 4.91. The number of hydrogen-bond donors (Lipinski definition) is 0. The van der Waals surface area contributed by atoms with Gasteiger partial charge in [0, 0.05) is 25.2 Å². The highest BCUT2D eigenvalue weighted by molar-refractivity contribution is 7.59. The lowest BCUT2D eigenvalue weighted by molar-refractivity contribution is 0.0460. The Morgan fingerprint density at radius 1 is 1.04 bits per heavy atom. The van der Waals surface area contributed by atoms with E-state index in [0.29, 0.717) is 32.2 Å². The summed E-state index contributed by atoms with van der Waals surface area (Å²) in [5, 5.41) is 0. The van der Waals surface area contributed by atoms with Gasteiger partial charge in [0.1, 0.15) is 19.3 Å². The van der Waals surface area contributed by atoms with Crippen LogP contribution in [-0.4, -0.2) is 67.9 Å². The summed E-state index contributed by atoms with van der Waals surface area (Å²) >= 11 is 0. The molecule has 2 saturated heterocycles. The van der Waals surface area contributed by atoms with Gasteiger partial charge in [-0.1, -0.05) is 0 Å². The molecule has 0 radical (unpaired) electrons. The minimum absolute atomic E-state index is 0. The molecule has 0 unspecified atom stereocenters. The third kappa shape index (κ3) is 4.81. The summed E-state index contributed by atoms with van der Waals surface area (Å²) in [4.78, 5) is 15.6. The fourth-order valence-corrected chi connectivity index (χ4v) is 3.91. The average molecular weight is 416 g/mol. The van der Waals surface area contributed by atoms with Crippen molar-refractivity contribution in [2.75, 3.05) is 45.9 Å². The van der Waals surface area contributed by atoms with Crippen LogP contribution in [-0.2, 0) is 4.74 Å². The molecule has 0 saturated carbocycles. The monoisotopic (exact) mass is 416 g/mol. The smallest absolute Gasteiger partial charge is 0.409 e. The molecule has 1 aromatic rings. The van der Waals surface area contributed by atoms with Crippen LogP contribution in [0.2, 0.25) is 0 Å². The van der Waals surface area contributed by atoms with E-state index in [-0.39, 0.29) is 37.2 Å². The zero-order chi connectivity index (χ0) is 18.8. The quantitative estimate of drug-likeness (QED) is 0.739. The number of fused-ring (bicyclic) bond motifs is 1. The number of benzene rings is 1. The number of carbonyl (C=O) groups is 1. The molecule has 1 aromatic carbocycles. The summed E-state index contributed by atoms with van der Waals surface area (Å²) in [5.41, 5.74) is 0. The molecule has 9 heteroatoms. The van der Waals surface area contributed by atoms with E-state index >= 15 is 0 Å². The van der Waals surface area contributed by atoms with E-state index in [9.17, 15) is 13.6 Å². The molecule has 3 aliphatic rings. The van der Waals surface area contributed by atoms with E-state index in [1.54, 1.807) is 4.90 Å². The maximum atomic E-state index is 13.4. The molecule has 1 atom stereocenters. The fourth-order valence-electron chi connectivity index (χ4n) is 3.91. The number of piperidine rings is 1. The number of nitrogens with zero attached hydrogens (tertiary/aromatic N) is 2.